The lowest BCUT2D eigenvalue weighted by Gasteiger charge is -2.49. The summed E-state index contributed by atoms with van der Waals surface area (Å²) in [5.74, 6) is 0.430. The fourth-order valence-corrected chi connectivity index (χ4v) is 4.37. The summed E-state index contributed by atoms with van der Waals surface area (Å²) in [5.41, 5.74) is 6.00. The normalized spacial score (nSPS) is 34.1. The van der Waals surface area contributed by atoms with Gasteiger partial charge in [0.15, 0.2) is 0 Å². The third-order valence-corrected chi connectivity index (χ3v) is 5.11. The van der Waals surface area contributed by atoms with Gasteiger partial charge in [-0.05, 0) is 49.3 Å². The summed E-state index contributed by atoms with van der Waals surface area (Å²) in [6.07, 6.45) is 12.1. The Balaban J connectivity index is 1.94. The molecule has 0 radical (unpaired) electrons. The van der Waals surface area contributed by atoms with Crippen molar-refractivity contribution >= 4 is 5.78 Å². The van der Waals surface area contributed by atoms with Gasteiger partial charge in [0.05, 0.1) is 0 Å². The largest absolute Gasteiger partial charge is 0.385 e. The summed E-state index contributed by atoms with van der Waals surface area (Å²) in [5, 5.41) is 3.54. The minimum Gasteiger partial charge on any atom is -0.385 e. The van der Waals surface area contributed by atoms with Crippen LogP contribution in [0.25, 0.3) is 0 Å². The average molecular weight is 241 g/mol. The van der Waals surface area contributed by atoms with Gasteiger partial charge in [0, 0.05) is 30.5 Å². The van der Waals surface area contributed by atoms with Crippen LogP contribution in [-0.4, -0.2) is 12.3 Å². The van der Waals surface area contributed by atoms with Crippen LogP contribution in [0.4, 0.5) is 0 Å². The SMILES string of the molecule is O=C1CC=C2C3=CC4=C(CCCC4)C2(CCN3)C1. The van der Waals surface area contributed by atoms with Crippen LogP contribution in [0.5, 0.6) is 0 Å². The molecule has 0 amide bonds. The first kappa shape index (κ1) is 10.6. The number of carbonyl (C=O) groups excluding carboxylic acids is 1. The topological polar surface area (TPSA) is 29.1 Å². The Bertz CT molecular complexity index is 523. The maximum Gasteiger partial charge on any atom is 0.137 e. The highest BCUT2D eigenvalue weighted by atomic mass is 16.1. The lowest BCUT2D eigenvalue weighted by Crippen LogP contribution is -2.45. The molecule has 1 fully saturated rings. The lowest BCUT2D eigenvalue weighted by molar-refractivity contribution is -0.120. The van der Waals surface area contributed by atoms with Crippen LogP contribution in [0.3, 0.4) is 0 Å². The highest BCUT2D eigenvalue weighted by Crippen LogP contribution is 2.56. The van der Waals surface area contributed by atoms with Crippen molar-refractivity contribution in [3.05, 3.63) is 34.6 Å². The Labute approximate surface area is 108 Å². The number of rotatable bonds is 0. The fourth-order valence-electron chi connectivity index (χ4n) is 4.37. The summed E-state index contributed by atoms with van der Waals surface area (Å²) in [4.78, 5) is 12.0. The van der Waals surface area contributed by atoms with Gasteiger partial charge >= 0.3 is 0 Å². The molecule has 18 heavy (non-hydrogen) atoms. The molecule has 1 unspecified atom stereocenters. The van der Waals surface area contributed by atoms with E-state index in [4.69, 9.17) is 0 Å². The van der Waals surface area contributed by atoms with Gasteiger partial charge in [-0.3, -0.25) is 4.79 Å². The van der Waals surface area contributed by atoms with E-state index in [0.717, 1.165) is 19.4 Å². The standard InChI is InChI=1S/C16H19NO/c18-12-5-6-14-15-9-11-3-1-2-4-13(11)16(14,10-12)7-8-17-15/h6,9,17H,1-5,7-8,10H2. The number of hydrogen-bond acceptors (Lipinski definition) is 2. The van der Waals surface area contributed by atoms with Crippen LogP contribution >= 0.6 is 0 Å². The second kappa shape index (κ2) is 3.59. The second-order valence-corrected chi connectivity index (χ2v) is 6.07. The van der Waals surface area contributed by atoms with Gasteiger partial charge in [-0.1, -0.05) is 11.6 Å². The summed E-state index contributed by atoms with van der Waals surface area (Å²) in [7, 11) is 0. The van der Waals surface area contributed by atoms with Crippen molar-refractivity contribution < 1.29 is 4.79 Å². The van der Waals surface area contributed by atoms with Crippen molar-refractivity contribution in [1.82, 2.24) is 5.32 Å². The van der Waals surface area contributed by atoms with Crippen LogP contribution in [0.15, 0.2) is 34.6 Å². The Hall–Kier alpha value is -1.31. The van der Waals surface area contributed by atoms with E-state index in [1.165, 1.54) is 42.5 Å². The maximum atomic E-state index is 12.0. The van der Waals surface area contributed by atoms with Gasteiger partial charge in [0.2, 0.25) is 0 Å². The van der Waals surface area contributed by atoms with Crippen molar-refractivity contribution in [3.63, 3.8) is 0 Å². The molecule has 4 rings (SSSR count). The predicted octanol–water partition coefficient (Wildman–Crippen LogP) is 3.02. The quantitative estimate of drug-likeness (QED) is 0.706. The zero-order valence-electron chi connectivity index (χ0n) is 10.7. The van der Waals surface area contributed by atoms with Crippen LogP contribution in [0.2, 0.25) is 0 Å². The van der Waals surface area contributed by atoms with E-state index < -0.39 is 0 Å². The van der Waals surface area contributed by atoms with Crippen molar-refractivity contribution in [2.45, 2.75) is 44.9 Å². The zero-order valence-corrected chi connectivity index (χ0v) is 10.7. The summed E-state index contributed by atoms with van der Waals surface area (Å²) >= 11 is 0. The number of piperidine rings is 1. The van der Waals surface area contributed by atoms with Crippen molar-refractivity contribution in [3.8, 4) is 0 Å². The average Bonchev–Trinajstić information content (AvgIpc) is 2.38. The molecule has 0 saturated carbocycles. The zero-order chi connectivity index (χ0) is 12.2. The molecule has 1 atom stereocenters. The Morgan fingerprint density at radius 1 is 1.22 bits per heavy atom. The van der Waals surface area contributed by atoms with Gasteiger partial charge in [0.25, 0.3) is 0 Å². The lowest BCUT2D eigenvalue weighted by atomic mass is 9.57. The molecule has 0 aromatic carbocycles. The molecule has 3 aliphatic carbocycles. The third kappa shape index (κ3) is 1.26. The molecule has 4 aliphatic rings. The van der Waals surface area contributed by atoms with Crippen LogP contribution in [0.1, 0.15) is 44.9 Å². The van der Waals surface area contributed by atoms with Crippen LogP contribution in [0, 0.1) is 5.41 Å². The molecule has 94 valence electrons. The number of carbonyl (C=O) groups is 1. The summed E-state index contributed by atoms with van der Waals surface area (Å²) in [6, 6.07) is 0. The highest BCUT2D eigenvalue weighted by Gasteiger charge is 2.47. The molecule has 1 N–H and O–H groups in total. The molecule has 2 bridgehead atoms. The Kier molecular flexibility index (Phi) is 2.12. The first-order chi connectivity index (χ1) is 8.79. The van der Waals surface area contributed by atoms with Crippen molar-refractivity contribution in [2.24, 2.45) is 5.41 Å². The van der Waals surface area contributed by atoms with Crippen LogP contribution < -0.4 is 5.32 Å². The molecule has 1 aliphatic heterocycles. The summed E-state index contributed by atoms with van der Waals surface area (Å²) in [6.45, 7) is 1.02. The smallest absolute Gasteiger partial charge is 0.137 e. The van der Waals surface area contributed by atoms with E-state index in [-0.39, 0.29) is 5.41 Å². The molecule has 0 aromatic rings. The number of hydrogen-bond donors (Lipinski definition) is 1. The fraction of sp³-hybridized carbons (Fsp3) is 0.562. The predicted molar refractivity (Wildman–Crippen MR) is 71.0 cm³/mol. The molecule has 0 spiro atoms. The molecule has 2 nitrogen and oxygen atoms in total. The van der Waals surface area contributed by atoms with E-state index in [0.29, 0.717) is 12.2 Å². The van der Waals surface area contributed by atoms with E-state index in [2.05, 4.69) is 17.5 Å². The Morgan fingerprint density at radius 2 is 2.11 bits per heavy atom. The van der Waals surface area contributed by atoms with E-state index in [1.807, 2.05) is 0 Å². The monoisotopic (exact) mass is 241 g/mol. The first-order valence-corrected chi connectivity index (χ1v) is 7.20. The van der Waals surface area contributed by atoms with Gasteiger partial charge in [-0.15, -0.1) is 0 Å². The van der Waals surface area contributed by atoms with E-state index in [1.54, 1.807) is 5.57 Å². The molecular formula is C16H19NO. The molecule has 2 heteroatoms. The minimum atomic E-state index is 0.0976. The first-order valence-electron chi connectivity index (χ1n) is 7.20. The maximum absolute atomic E-state index is 12.0. The number of nitrogens with one attached hydrogen (secondary N) is 1. The van der Waals surface area contributed by atoms with Crippen LogP contribution in [-0.2, 0) is 4.79 Å². The second-order valence-electron chi connectivity index (χ2n) is 6.07. The minimum absolute atomic E-state index is 0.0976. The Morgan fingerprint density at radius 3 is 3.06 bits per heavy atom. The van der Waals surface area contributed by atoms with Gasteiger partial charge in [0.1, 0.15) is 5.78 Å². The van der Waals surface area contributed by atoms with Crippen molar-refractivity contribution in [1.29, 1.82) is 0 Å². The summed E-state index contributed by atoms with van der Waals surface area (Å²) < 4.78 is 0. The van der Waals surface area contributed by atoms with Gasteiger partial charge in [-0.25, -0.2) is 0 Å². The molecule has 1 saturated heterocycles. The van der Waals surface area contributed by atoms with Gasteiger partial charge in [-0.2, -0.15) is 0 Å². The molecule has 0 aromatic heterocycles. The number of allylic oxidation sites excluding steroid dienone is 5. The van der Waals surface area contributed by atoms with E-state index >= 15 is 0 Å². The number of ketones is 1. The number of Topliss-reactive ketones (excluding diaryl/α,β-unsaturated/α-hetero) is 1. The third-order valence-electron chi connectivity index (χ3n) is 5.11. The highest BCUT2D eigenvalue weighted by molar-refractivity contribution is 5.85. The van der Waals surface area contributed by atoms with E-state index in [9.17, 15) is 4.79 Å². The van der Waals surface area contributed by atoms with Crippen molar-refractivity contribution in [2.75, 3.05) is 6.54 Å². The molecule has 1 heterocycles. The van der Waals surface area contributed by atoms with Gasteiger partial charge < -0.3 is 5.32 Å². The molecular weight excluding hydrogens is 222 g/mol.